The Kier molecular flexibility index (Phi) is 7.25. The number of hydrogen-bond donors (Lipinski definition) is 2. The number of rotatable bonds is 5. The lowest BCUT2D eigenvalue weighted by Gasteiger charge is -2.33. The summed E-state index contributed by atoms with van der Waals surface area (Å²) in [5, 5.41) is 5.88. The number of carbonyl (C=O) groups excluding carboxylic acids is 1. The van der Waals surface area contributed by atoms with Gasteiger partial charge >= 0.3 is 0 Å². The first-order valence-corrected chi connectivity index (χ1v) is 6.88. The molecule has 0 bridgehead atoms. The standard InChI is InChI=1S/C13H26N4O2/c1-11-5-4-7-17(10-11)13(14-2)16-9-12(18)15-6-8-19-3/h11H,4-10H2,1-3H3,(H,14,16)(H,15,18). The van der Waals surface area contributed by atoms with Crippen molar-refractivity contribution in [3.05, 3.63) is 0 Å². The topological polar surface area (TPSA) is 66.0 Å². The van der Waals surface area contributed by atoms with Crippen LogP contribution in [0.3, 0.4) is 0 Å². The van der Waals surface area contributed by atoms with E-state index in [1.807, 2.05) is 0 Å². The summed E-state index contributed by atoms with van der Waals surface area (Å²) in [5.41, 5.74) is 0. The van der Waals surface area contributed by atoms with Gasteiger partial charge in [-0.3, -0.25) is 9.79 Å². The van der Waals surface area contributed by atoms with E-state index in [1.165, 1.54) is 12.8 Å². The summed E-state index contributed by atoms with van der Waals surface area (Å²) < 4.78 is 4.88. The molecule has 1 unspecified atom stereocenters. The minimum atomic E-state index is -0.0387. The lowest BCUT2D eigenvalue weighted by molar-refractivity contribution is -0.120. The average molecular weight is 270 g/mol. The molecule has 0 saturated carbocycles. The number of amides is 1. The fourth-order valence-electron chi connectivity index (χ4n) is 2.23. The van der Waals surface area contributed by atoms with Crippen LogP contribution in [-0.2, 0) is 9.53 Å². The van der Waals surface area contributed by atoms with Crippen molar-refractivity contribution in [2.45, 2.75) is 19.8 Å². The Morgan fingerprint density at radius 1 is 1.47 bits per heavy atom. The van der Waals surface area contributed by atoms with Crippen molar-refractivity contribution in [1.29, 1.82) is 0 Å². The van der Waals surface area contributed by atoms with Gasteiger partial charge in [0.05, 0.1) is 13.2 Å². The molecule has 0 aromatic heterocycles. The quantitative estimate of drug-likeness (QED) is 0.421. The maximum Gasteiger partial charge on any atom is 0.239 e. The Balaban J connectivity index is 2.30. The van der Waals surface area contributed by atoms with E-state index in [0.29, 0.717) is 19.1 Å². The summed E-state index contributed by atoms with van der Waals surface area (Å²) in [6.45, 7) is 5.58. The molecule has 0 aromatic carbocycles. The third-order valence-electron chi connectivity index (χ3n) is 3.20. The second kappa shape index (κ2) is 8.74. The van der Waals surface area contributed by atoms with Crippen LogP contribution < -0.4 is 10.6 Å². The van der Waals surface area contributed by atoms with E-state index >= 15 is 0 Å². The van der Waals surface area contributed by atoms with Crippen molar-refractivity contribution < 1.29 is 9.53 Å². The molecule has 1 amide bonds. The van der Waals surface area contributed by atoms with Crippen LogP contribution in [0.25, 0.3) is 0 Å². The zero-order chi connectivity index (χ0) is 14.1. The first kappa shape index (κ1) is 15.8. The van der Waals surface area contributed by atoms with Crippen LogP contribution >= 0.6 is 0 Å². The van der Waals surface area contributed by atoms with E-state index in [1.54, 1.807) is 14.2 Å². The van der Waals surface area contributed by atoms with Gasteiger partial charge < -0.3 is 20.3 Å². The summed E-state index contributed by atoms with van der Waals surface area (Å²) in [6, 6.07) is 0. The normalized spacial score (nSPS) is 20.3. The summed E-state index contributed by atoms with van der Waals surface area (Å²) in [5.74, 6) is 1.46. The molecule has 0 spiro atoms. The predicted molar refractivity (Wildman–Crippen MR) is 76.2 cm³/mol. The predicted octanol–water partition coefficient (Wildman–Crippen LogP) is 0.0563. The summed E-state index contributed by atoms with van der Waals surface area (Å²) in [6.07, 6.45) is 2.45. The van der Waals surface area contributed by atoms with Gasteiger partial charge in [-0.1, -0.05) is 6.92 Å². The molecule has 0 radical (unpaired) electrons. The SMILES string of the molecule is CN=C(NCC(=O)NCCOC)N1CCCC(C)C1. The fraction of sp³-hybridized carbons (Fsp3) is 0.846. The second-order valence-electron chi connectivity index (χ2n) is 4.94. The van der Waals surface area contributed by atoms with Crippen molar-refractivity contribution >= 4 is 11.9 Å². The van der Waals surface area contributed by atoms with Gasteiger partial charge in [0.25, 0.3) is 0 Å². The van der Waals surface area contributed by atoms with E-state index < -0.39 is 0 Å². The second-order valence-corrected chi connectivity index (χ2v) is 4.94. The summed E-state index contributed by atoms with van der Waals surface area (Å²) in [4.78, 5) is 18.0. The average Bonchev–Trinajstić information content (AvgIpc) is 2.40. The first-order chi connectivity index (χ1) is 9.17. The maximum atomic E-state index is 11.6. The van der Waals surface area contributed by atoms with Gasteiger partial charge in [-0.05, 0) is 18.8 Å². The molecular formula is C13H26N4O2. The number of ether oxygens (including phenoxy) is 1. The van der Waals surface area contributed by atoms with E-state index in [9.17, 15) is 4.79 Å². The zero-order valence-electron chi connectivity index (χ0n) is 12.2. The van der Waals surface area contributed by atoms with Gasteiger partial charge in [-0.25, -0.2) is 0 Å². The lowest BCUT2D eigenvalue weighted by atomic mass is 10.0. The molecule has 1 atom stereocenters. The minimum absolute atomic E-state index is 0.0387. The van der Waals surface area contributed by atoms with E-state index in [0.717, 1.165) is 19.0 Å². The third kappa shape index (κ3) is 5.92. The number of carbonyl (C=O) groups is 1. The molecule has 19 heavy (non-hydrogen) atoms. The van der Waals surface area contributed by atoms with Gasteiger partial charge in [0.2, 0.25) is 5.91 Å². The molecule has 6 nitrogen and oxygen atoms in total. The lowest BCUT2D eigenvalue weighted by Crippen LogP contribution is -2.48. The van der Waals surface area contributed by atoms with Gasteiger partial charge in [0.1, 0.15) is 0 Å². The molecule has 6 heteroatoms. The van der Waals surface area contributed by atoms with E-state index in [4.69, 9.17) is 4.74 Å². The summed E-state index contributed by atoms with van der Waals surface area (Å²) >= 11 is 0. The molecule has 110 valence electrons. The molecule has 1 rings (SSSR count). The Labute approximate surface area is 115 Å². The van der Waals surface area contributed by atoms with Crippen molar-refractivity contribution in [1.82, 2.24) is 15.5 Å². The van der Waals surface area contributed by atoms with Crippen LogP contribution in [-0.4, -0.2) is 63.7 Å². The van der Waals surface area contributed by atoms with Crippen molar-refractivity contribution in [3.63, 3.8) is 0 Å². The van der Waals surface area contributed by atoms with Crippen LogP contribution in [0.5, 0.6) is 0 Å². The number of aliphatic imine (C=N–C) groups is 1. The molecule has 1 aliphatic rings. The largest absolute Gasteiger partial charge is 0.383 e. The number of nitrogens with one attached hydrogen (secondary N) is 2. The number of guanidine groups is 1. The molecule has 1 saturated heterocycles. The van der Waals surface area contributed by atoms with Gasteiger partial charge in [0, 0.05) is 33.8 Å². The van der Waals surface area contributed by atoms with E-state index in [-0.39, 0.29) is 12.5 Å². The molecule has 1 heterocycles. The van der Waals surface area contributed by atoms with Crippen LogP contribution in [0.2, 0.25) is 0 Å². The van der Waals surface area contributed by atoms with Gasteiger partial charge in [-0.15, -0.1) is 0 Å². The van der Waals surface area contributed by atoms with Crippen LogP contribution in [0.1, 0.15) is 19.8 Å². The van der Waals surface area contributed by atoms with Gasteiger partial charge in [0.15, 0.2) is 5.96 Å². The number of piperidine rings is 1. The minimum Gasteiger partial charge on any atom is -0.383 e. The van der Waals surface area contributed by atoms with Crippen molar-refractivity contribution in [3.8, 4) is 0 Å². The zero-order valence-corrected chi connectivity index (χ0v) is 12.2. The number of likely N-dealkylation sites (tertiary alicyclic amines) is 1. The molecule has 1 fully saturated rings. The number of nitrogens with zero attached hydrogens (tertiary/aromatic N) is 2. The van der Waals surface area contributed by atoms with E-state index in [2.05, 4.69) is 27.4 Å². The Hall–Kier alpha value is -1.30. The van der Waals surface area contributed by atoms with Gasteiger partial charge in [-0.2, -0.15) is 0 Å². The maximum absolute atomic E-state index is 11.6. The van der Waals surface area contributed by atoms with Crippen molar-refractivity contribution in [2.24, 2.45) is 10.9 Å². The fourth-order valence-corrected chi connectivity index (χ4v) is 2.23. The summed E-state index contributed by atoms with van der Waals surface area (Å²) in [7, 11) is 3.37. The Bertz CT molecular complexity index is 307. The molecule has 1 aliphatic heterocycles. The monoisotopic (exact) mass is 270 g/mol. The van der Waals surface area contributed by atoms with Crippen LogP contribution in [0.4, 0.5) is 0 Å². The number of hydrogen-bond acceptors (Lipinski definition) is 3. The molecule has 0 aliphatic carbocycles. The molecule has 2 N–H and O–H groups in total. The van der Waals surface area contributed by atoms with Crippen LogP contribution in [0, 0.1) is 5.92 Å². The molecule has 0 aromatic rings. The first-order valence-electron chi connectivity index (χ1n) is 6.88. The Morgan fingerprint density at radius 2 is 2.26 bits per heavy atom. The third-order valence-corrected chi connectivity index (χ3v) is 3.20. The highest BCUT2D eigenvalue weighted by Gasteiger charge is 2.19. The highest BCUT2D eigenvalue weighted by Crippen LogP contribution is 2.15. The number of methoxy groups -OCH3 is 1. The smallest absolute Gasteiger partial charge is 0.239 e. The Morgan fingerprint density at radius 3 is 2.89 bits per heavy atom. The van der Waals surface area contributed by atoms with Crippen LogP contribution in [0.15, 0.2) is 4.99 Å². The highest BCUT2D eigenvalue weighted by atomic mass is 16.5. The highest BCUT2D eigenvalue weighted by molar-refractivity contribution is 5.86. The van der Waals surface area contributed by atoms with Crippen molar-refractivity contribution in [2.75, 3.05) is 46.9 Å². The molecular weight excluding hydrogens is 244 g/mol.